The molecule has 0 atom stereocenters. The highest BCUT2D eigenvalue weighted by Gasteiger charge is 2.27. The van der Waals surface area contributed by atoms with Crippen LogP contribution in [0.3, 0.4) is 0 Å². The zero-order chi connectivity index (χ0) is 13.9. The van der Waals surface area contributed by atoms with Gasteiger partial charge >= 0.3 is 0 Å². The normalized spacial score (nSPS) is 29.7. The summed E-state index contributed by atoms with van der Waals surface area (Å²) in [4.78, 5) is 10.3. The average Bonchev–Trinajstić information content (AvgIpc) is 2.42. The molecular weight excluding hydrogens is 248 g/mol. The second-order valence-electron chi connectivity index (χ2n) is 7.44. The van der Waals surface area contributed by atoms with Crippen LogP contribution in [0.5, 0.6) is 0 Å². The highest BCUT2D eigenvalue weighted by molar-refractivity contribution is 4.83. The van der Waals surface area contributed by atoms with Crippen molar-refractivity contribution in [3.05, 3.63) is 0 Å². The molecule has 3 aliphatic rings. The fourth-order valence-electron chi connectivity index (χ4n) is 4.07. The summed E-state index contributed by atoms with van der Waals surface area (Å²) in [5.41, 5.74) is 0. The predicted molar refractivity (Wildman–Crippen MR) is 84.1 cm³/mol. The van der Waals surface area contributed by atoms with Crippen LogP contribution in [0, 0.1) is 11.8 Å². The minimum Gasteiger partial charge on any atom is -0.306 e. The van der Waals surface area contributed by atoms with Gasteiger partial charge in [-0.1, -0.05) is 0 Å². The Morgan fingerprint density at radius 3 is 1.65 bits per heavy atom. The van der Waals surface area contributed by atoms with Gasteiger partial charge in [-0.05, 0) is 51.9 Å². The van der Waals surface area contributed by atoms with Crippen LogP contribution in [0.25, 0.3) is 0 Å². The lowest BCUT2D eigenvalue weighted by Gasteiger charge is -2.43. The first-order valence-electron chi connectivity index (χ1n) is 8.51. The van der Waals surface area contributed by atoms with E-state index in [-0.39, 0.29) is 0 Å². The van der Waals surface area contributed by atoms with Gasteiger partial charge in [0.1, 0.15) is 0 Å². The third-order valence-corrected chi connectivity index (χ3v) is 5.48. The zero-order valence-electron chi connectivity index (χ0n) is 13.4. The van der Waals surface area contributed by atoms with Gasteiger partial charge in [0, 0.05) is 52.4 Å². The number of hydrogen-bond acceptors (Lipinski definition) is 4. The summed E-state index contributed by atoms with van der Waals surface area (Å²) in [5, 5.41) is 0. The quantitative estimate of drug-likeness (QED) is 0.744. The molecule has 4 nitrogen and oxygen atoms in total. The lowest BCUT2D eigenvalue weighted by Crippen LogP contribution is -2.54. The summed E-state index contributed by atoms with van der Waals surface area (Å²) < 4.78 is 0. The van der Waals surface area contributed by atoms with Crippen LogP contribution in [0.15, 0.2) is 0 Å². The molecule has 3 aliphatic heterocycles. The van der Waals surface area contributed by atoms with Crippen molar-refractivity contribution in [3.8, 4) is 0 Å². The van der Waals surface area contributed by atoms with Crippen molar-refractivity contribution in [3.63, 3.8) is 0 Å². The third-order valence-electron chi connectivity index (χ3n) is 5.48. The third kappa shape index (κ3) is 3.94. The Bertz CT molecular complexity index is 287. The first-order chi connectivity index (χ1) is 9.69. The molecule has 0 saturated carbocycles. The van der Waals surface area contributed by atoms with Crippen LogP contribution >= 0.6 is 0 Å². The van der Waals surface area contributed by atoms with Crippen molar-refractivity contribution >= 4 is 0 Å². The molecule has 0 aliphatic carbocycles. The summed E-state index contributed by atoms with van der Waals surface area (Å²) in [6, 6.07) is 0. The number of piperidine rings is 1. The Hall–Kier alpha value is -0.160. The molecule has 0 N–H and O–H groups in total. The summed E-state index contributed by atoms with van der Waals surface area (Å²) in [5.74, 6) is 1.90. The van der Waals surface area contributed by atoms with E-state index >= 15 is 0 Å². The second-order valence-corrected chi connectivity index (χ2v) is 7.44. The highest BCUT2D eigenvalue weighted by Crippen LogP contribution is 2.19. The maximum Gasteiger partial charge on any atom is 0.0110 e. The van der Waals surface area contributed by atoms with E-state index in [0.717, 1.165) is 11.8 Å². The van der Waals surface area contributed by atoms with Gasteiger partial charge in [-0.3, -0.25) is 0 Å². The largest absolute Gasteiger partial charge is 0.306 e. The minimum atomic E-state index is 0.945. The fraction of sp³-hybridized carbons (Fsp3) is 1.00. The molecule has 0 aromatic carbocycles. The minimum absolute atomic E-state index is 0.945. The van der Waals surface area contributed by atoms with E-state index < -0.39 is 0 Å². The molecule has 4 heteroatoms. The molecule has 20 heavy (non-hydrogen) atoms. The second kappa shape index (κ2) is 6.73. The summed E-state index contributed by atoms with van der Waals surface area (Å²) >= 11 is 0. The van der Waals surface area contributed by atoms with E-state index in [1.54, 1.807) is 0 Å². The number of piperazine rings is 1. The van der Waals surface area contributed by atoms with Gasteiger partial charge in [0.25, 0.3) is 0 Å². The van der Waals surface area contributed by atoms with Crippen LogP contribution < -0.4 is 0 Å². The van der Waals surface area contributed by atoms with Crippen LogP contribution in [0.1, 0.15) is 12.8 Å². The van der Waals surface area contributed by atoms with E-state index in [2.05, 4.69) is 33.7 Å². The first-order valence-corrected chi connectivity index (χ1v) is 8.51. The number of nitrogens with zero attached hydrogens (tertiary/aromatic N) is 4. The van der Waals surface area contributed by atoms with Gasteiger partial charge in [-0.15, -0.1) is 0 Å². The van der Waals surface area contributed by atoms with E-state index in [4.69, 9.17) is 0 Å². The number of rotatable bonds is 4. The Kier molecular flexibility index (Phi) is 4.97. The smallest absolute Gasteiger partial charge is 0.0110 e. The summed E-state index contributed by atoms with van der Waals surface area (Å²) in [6.07, 6.45) is 2.82. The Morgan fingerprint density at radius 2 is 1.15 bits per heavy atom. The Balaban J connectivity index is 1.32. The van der Waals surface area contributed by atoms with Crippen molar-refractivity contribution in [2.75, 3.05) is 79.5 Å². The van der Waals surface area contributed by atoms with Gasteiger partial charge < -0.3 is 19.6 Å². The molecular formula is C16H32N4. The molecule has 0 aromatic rings. The van der Waals surface area contributed by atoms with E-state index in [1.165, 1.54) is 78.3 Å². The van der Waals surface area contributed by atoms with Crippen LogP contribution in [-0.2, 0) is 0 Å². The number of hydrogen-bond donors (Lipinski definition) is 0. The molecule has 116 valence electrons. The predicted octanol–water partition coefficient (Wildman–Crippen LogP) is 0.507. The summed E-state index contributed by atoms with van der Waals surface area (Å²) in [7, 11) is 4.49. The Morgan fingerprint density at radius 1 is 0.650 bits per heavy atom. The monoisotopic (exact) mass is 280 g/mol. The molecule has 0 aromatic heterocycles. The standard InChI is InChI=1S/C16H32N4/c1-17-5-3-15(4-6-17)13-19-7-9-20(10-8-19)14-16-11-18(2)12-16/h15-16H,3-14H2,1-2H3. The molecule has 0 unspecified atom stereocenters. The van der Waals surface area contributed by atoms with Crippen molar-refractivity contribution in [2.45, 2.75) is 12.8 Å². The van der Waals surface area contributed by atoms with Gasteiger partial charge in [0.2, 0.25) is 0 Å². The Labute approximate surface area is 124 Å². The van der Waals surface area contributed by atoms with E-state index in [1.807, 2.05) is 0 Å². The topological polar surface area (TPSA) is 13.0 Å². The fourth-order valence-corrected chi connectivity index (χ4v) is 4.07. The lowest BCUT2D eigenvalue weighted by atomic mass is 9.96. The van der Waals surface area contributed by atoms with E-state index in [0.29, 0.717) is 0 Å². The summed E-state index contributed by atoms with van der Waals surface area (Å²) in [6.45, 7) is 13.1. The molecule has 0 spiro atoms. The molecule has 3 rings (SSSR count). The molecule has 0 radical (unpaired) electrons. The van der Waals surface area contributed by atoms with Gasteiger partial charge in [-0.2, -0.15) is 0 Å². The van der Waals surface area contributed by atoms with Crippen molar-refractivity contribution < 1.29 is 0 Å². The van der Waals surface area contributed by atoms with Crippen molar-refractivity contribution in [1.29, 1.82) is 0 Å². The molecule has 0 bridgehead atoms. The van der Waals surface area contributed by atoms with Crippen LogP contribution in [0.4, 0.5) is 0 Å². The zero-order valence-corrected chi connectivity index (χ0v) is 13.4. The molecule has 3 heterocycles. The SMILES string of the molecule is CN1CCC(CN2CCN(CC3CN(C)C3)CC2)CC1. The maximum absolute atomic E-state index is 2.72. The first kappa shape index (κ1) is 14.8. The van der Waals surface area contributed by atoms with Crippen molar-refractivity contribution in [2.24, 2.45) is 11.8 Å². The van der Waals surface area contributed by atoms with Gasteiger partial charge in [0.15, 0.2) is 0 Å². The van der Waals surface area contributed by atoms with Crippen LogP contribution in [0.2, 0.25) is 0 Å². The maximum atomic E-state index is 2.72. The lowest BCUT2D eigenvalue weighted by molar-refractivity contribution is 0.0537. The molecule has 3 fully saturated rings. The van der Waals surface area contributed by atoms with Crippen molar-refractivity contribution in [1.82, 2.24) is 19.6 Å². The van der Waals surface area contributed by atoms with Gasteiger partial charge in [-0.25, -0.2) is 0 Å². The molecule has 3 saturated heterocycles. The number of likely N-dealkylation sites (tertiary alicyclic amines) is 2. The van der Waals surface area contributed by atoms with Gasteiger partial charge in [0.05, 0.1) is 0 Å². The highest BCUT2D eigenvalue weighted by atomic mass is 15.3. The molecule has 0 amide bonds. The van der Waals surface area contributed by atoms with E-state index in [9.17, 15) is 0 Å². The average molecular weight is 280 g/mol. The van der Waals surface area contributed by atoms with Crippen LogP contribution in [-0.4, -0.2) is 99.1 Å².